The molecule has 1 N–H and O–H groups in total. The van der Waals surface area contributed by atoms with E-state index in [2.05, 4.69) is 67.2 Å². The minimum Gasteiger partial charge on any atom is -1.00 e. The van der Waals surface area contributed by atoms with Crippen LogP contribution in [0.2, 0.25) is 13.1 Å². The van der Waals surface area contributed by atoms with Gasteiger partial charge < -0.3 is 24.8 Å². The van der Waals surface area contributed by atoms with Crippen molar-refractivity contribution in [1.29, 1.82) is 0 Å². The van der Waals surface area contributed by atoms with Crippen molar-refractivity contribution in [3.05, 3.63) is 41.5 Å². The van der Waals surface area contributed by atoms with E-state index < -0.39 is 24.0 Å². The topological polar surface area (TPSA) is 29.1 Å². The molecule has 2 rings (SSSR count). The third-order valence-corrected chi connectivity index (χ3v) is 16.6. The van der Waals surface area contributed by atoms with Gasteiger partial charge in [-0.3, -0.25) is 0 Å². The molecule has 0 aromatic heterocycles. The Kier molecular flexibility index (Phi) is 12.3. The molecule has 6 heteroatoms. The predicted molar refractivity (Wildman–Crippen MR) is 98.5 cm³/mol. The van der Waals surface area contributed by atoms with Crippen LogP contribution in [-0.2, 0) is 22.2 Å². The molecule has 1 amide bonds. The van der Waals surface area contributed by atoms with Gasteiger partial charge in [0.1, 0.15) is 0 Å². The molecule has 0 bridgehead atoms. The van der Waals surface area contributed by atoms with Crippen molar-refractivity contribution >= 4 is 18.6 Å². The molecular formula is C19H30Cl2NOSiTi. The first-order chi connectivity index (χ1) is 11.1. The van der Waals surface area contributed by atoms with E-state index in [-0.39, 0.29) is 30.7 Å². The first kappa shape index (κ1) is 24.9. The molecule has 1 aliphatic rings. The molecule has 2 atom stereocenters. The number of hydrogen-bond acceptors (Lipinski definition) is 1. The van der Waals surface area contributed by atoms with E-state index in [0.29, 0.717) is 10.1 Å². The van der Waals surface area contributed by atoms with E-state index in [9.17, 15) is 4.79 Å². The van der Waals surface area contributed by atoms with Gasteiger partial charge in [-0.15, -0.1) is 0 Å². The number of rotatable bonds is 8. The molecule has 0 fully saturated rings. The van der Waals surface area contributed by atoms with Crippen molar-refractivity contribution in [1.82, 2.24) is 3.80 Å². The Morgan fingerprint density at radius 1 is 1.24 bits per heavy atom. The number of amides is 1. The summed E-state index contributed by atoms with van der Waals surface area (Å²) in [7, 11) is 0. The fourth-order valence-corrected chi connectivity index (χ4v) is 13.2. The summed E-state index contributed by atoms with van der Waals surface area (Å²) in [6.07, 6.45) is 8.96. The van der Waals surface area contributed by atoms with Crippen molar-refractivity contribution in [2.75, 3.05) is 0 Å². The molecule has 0 saturated heterocycles. The summed E-state index contributed by atoms with van der Waals surface area (Å²) in [4.78, 5) is 12.8. The van der Waals surface area contributed by atoms with Crippen molar-refractivity contribution < 1.29 is 47.0 Å². The Bertz CT molecular complexity index is 568. The fraction of sp³-hybridized carbons (Fsp3) is 0.526. The zero-order valence-electron chi connectivity index (χ0n) is 15.7. The Morgan fingerprint density at radius 3 is 2.52 bits per heavy atom. The molecule has 0 aliphatic heterocycles. The number of fused-ring (bicyclic) bond motifs is 1. The maximum Gasteiger partial charge on any atom is -1.00 e. The zero-order chi connectivity index (χ0) is 16.8. The van der Waals surface area contributed by atoms with Gasteiger partial charge in [0.05, 0.1) is 0 Å². The van der Waals surface area contributed by atoms with Gasteiger partial charge in [-0.05, 0) is 0 Å². The van der Waals surface area contributed by atoms with Crippen LogP contribution in [0.1, 0.15) is 54.9 Å². The Hall–Kier alpha value is -0.0588. The molecule has 139 valence electrons. The van der Waals surface area contributed by atoms with Gasteiger partial charge in [0, 0.05) is 0 Å². The van der Waals surface area contributed by atoms with Gasteiger partial charge in [-0.1, -0.05) is 0 Å². The number of halogens is 2. The second-order valence-electron chi connectivity index (χ2n) is 6.81. The summed E-state index contributed by atoms with van der Waals surface area (Å²) >= 11 is -1.63. The van der Waals surface area contributed by atoms with Gasteiger partial charge in [0.25, 0.3) is 0 Å². The first-order valence-electron chi connectivity index (χ1n) is 9.03. The molecule has 0 radical (unpaired) electrons. The van der Waals surface area contributed by atoms with Crippen molar-refractivity contribution in [2.24, 2.45) is 5.92 Å². The number of allylic oxidation sites excluding steroid dienone is 1. The second-order valence-corrected chi connectivity index (χ2v) is 19.9. The van der Waals surface area contributed by atoms with Crippen LogP contribution < -0.4 is 28.6 Å². The fourth-order valence-electron chi connectivity index (χ4n) is 3.32. The molecule has 2 nitrogen and oxygen atoms in total. The molecule has 2 unspecified atom stereocenters. The third kappa shape index (κ3) is 6.55. The number of nitrogens with one attached hydrogen (secondary N) is 1. The van der Waals surface area contributed by atoms with E-state index in [1.165, 1.54) is 17.5 Å². The van der Waals surface area contributed by atoms with Gasteiger partial charge in [-0.25, -0.2) is 0 Å². The van der Waals surface area contributed by atoms with Crippen LogP contribution in [0.25, 0.3) is 6.08 Å². The van der Waals surface area contributed by atoms with Gasteiger partial charge in [0.15, 0.2) is 0 Å². The summed E-state index contributed by atoms with van der Waals surface area (Å²) in [5, 5.41) is 0. The molecule has 1 aliphatic carbocycles. The van der Waals surface area contributed by atoms with Crippen LogP contribution in [0.3, 0.4) is 0 Å². The quantitative estimate of drug-likeness (QED) is 0.501. The normalized spacial score (nSPS) is 15.8. The SMILES string of the molecule is CCCCC(CC)C(=O)[NH][Ti+2]([CH]1C=Cc2ccccc21)[SiH](C)C.[Cl-].[Cl-]. The molecular weight excluding hydrogens is 405 g/mol. The Morgan fingerprint density at radius 2 is 1.92 bits per heavy atom. The van der Waals surface area contributed by atoms with Crippen LogP contribution in [0.15, 0.2) is 30.3 Å². The minimum atomic E-state index is -1.63. The summed E-state index contributed by atoms with van der Waals surface area (Å²) in [5.74, 6) is 0.556. The Labute approximate surface area is 173 Å². The van der Waals surface area contributed by atoms with E-state index in [1.807, 2.05) is 0 Å². The van der Waals surface area contributed by atoms with Gasteiger partial charge in [-0.2, -0.15) is 0 Å². The van der Waals surface area contributed by atoms with Crippen LogP contribution in [0.4, 0.5) is 0 Å². The molecule has 0 saturated carbocycles. The molecule has 25 heavy (non-hydrogen) atoms. The van der Waals surface area contributed by atoms with Gasteiger partial charge in [0.2, 0.25) is 0 Å². The maximum absolute atomic E-state index is 12.8. The maximum atomic E-state index is 12.8. The standard InChI is InChI=1S/C9H7.C8H17NO.C2H7Si.2ClH.Ti/c1-2-5-9-7-3-6-8(9)4-1;1-3-5-6-7(4-2)8(9)10;1-3-2;;;/h1-7H;7H,3-6H2,1-2H3,(H2,9,10);3H,1-2H3;2*1H;/q;;;;;+3/p-3. The number of benzene rings is 1. The summed E-state index contributed by atoms with van der Waals surface area (Å²) in [5.41, 5.74) is 2.80. The molecule has 1 aromatic rings. The molecule has 0 spiro atoms. The van der Waals surface area contributed by atoms with Crippen molar-refractivity contribution in [2.45, 2.75) is 56.8 Å². The van der Waals surface area contributed by atoms with Crippen LogP contribution in [0, 0.1) is 5.92 Å². The van der Waals surface area contributed by atoms with Gasteiger partial charge >= 0.3 is 149 Å². The Balaban J connectivity index is 0.00000288. The zero-order valence-corrected chi connectivity index (χ0v) is 19.9. The van der Waals surface area contributed by atoms with E-state index in [1.54, 1.807) is 0 Å². The summed E-state index contributed by atoms with van der Waals surface area (Å²) in [6, 6.07) is 8.69. The second kappa shape index (κ2) is 12.4. The average molecular weight is 435 g/mol. The monoisotopic (exact) mass is 434 g/mol. The number of carbonyl (C=O) groups is 1. The van der Waals surface area contributed by atoms with E-state index in [0.717, 1.165) is 19.3 Å². The largest absolute Gasteiger partial charge is 1.00 e. The van der Waals surface area contributed by atoms with Crippen LogP contribution in [0.5, 0.6) is 0 Å². The average Bonchev–Trinajstić information content (AvgIpc) is 2.96. The third-order valence-electron chi connectivity index (χ3n) is 4.79. The van der Waals surface area contributed by atoms with Crippen molar-refractivity contribution in [3.63, 3.8) is 0 Å². The smallest absolute Gasteiger partial charge is 1.00 e. The van der Waals surface area contributed by atoms with E-state index >= 15 is 0 Å². The predicted octanol–water partition coefficient (Wildman–Crippen LogP) is -1.39. The van der Waals surface area contributed by atoms with Crippen LogP contribution in [-0.4, -0.2) is 12.6 Å². The summed E-state index contributed by atoms with van der Waals surface area (Å²) in [6.45, 7) is 8.33. The van der Waals surface area contributed by atoms with E-state index in [4.69, 9.17) is 0 Å². The number of hydrogen-bond donors (Lipinski definition) is 1. The molecule has 0 heterocycles. The van der Waals surface area contributed by atoms with Crippen LogP contribution >= 0.6 is 0 Å². The number of unbranched alkanes of at least 4 members (excludes halogenated alkanes) is 1. The number of carbonyl (C=O) groups excluding carboxylic acids is 1. The molecule has 1 aromatic carbocycles. The van der Waals surface area contributed by atoms with Crippen molar-refractivity contribution in [3.8, 4) is 0 Å². The minimum absolute atomic E-state index is 0. The first-order valence-corrected chi connectivity index (χ1v) is 16.3. The summed E-state index contributed by atoms with van der Waals surface area (Å²) < 4.78 is 4.12.